The number of nitrogens with zero attached hydrogens (tertiary/aromatic N) is 4. The van der Waals surface area contributed by atoms with E-state index in [4.69, 9.17) is 4.74 Å². The van der Waals surface area contributed by atoms with Crippen molar-refractivity contribution in [2.24, 2.45) is 5.92 Å². The number of likely N-dealkylation sites (tertiary alicyclic amines) is 1. The van der Waals surface area contributed by atoms with Gasteiger partial charge < -0.3 is 9.64 Å². The molecule has 1 aliphatic heterocycles. The van der Waals surface area contributed by atoms with Crippen molar-refractivity contribution >= 4 is 5.91 Å². The lowest BCUT2D eigenvalue weighted by Gasteiger charge is -2.32. The molecule has 24 heavy (non-hydrogen) atoms. The third-order valence-corrected chi connectivity index (χ3v) is 4.58. The molecule has 2 aromatic rings. The second-order valence-electron chi connectivity index (χ2n) is 6.09. The maximum atomic E-state index is 12.6. The lowest BCUT2D eigenvalue weighted by molar-refractivity contribution is 0.0667. The maximum Gasteiger partial charge on any atom is 0.272 e. The number of carbonyl (C=O) groups is 1. The van der Waals surface area contributed by atoms with Gasteiger partial charge in [0.2, 0.25) is 0 Å². The number of aromatic nitrogens is 3. The topological polar surface area (TPSA) is 60.2 Å². The fraction of sp³-hybridized carbons (Fsp3) is 0.500. The number of amides is 1. The van der Waals surface area contributed by atoms with E-state index in [0.717, 1.165) is 44.6 Å². The molecule has 0 N–H and O–H groups in total. The zero-order valence-corrected chi connectivity index (χ0v) is 14.1. The summed E-state index contributed by atoms with van der Waals surface area (Å²) in [5.41, 5.74) is 0.692. The summed E-state index contributed by atoms with van der Waals surface area (Å²) in [6.07, 6.45) is 8.26. The Morgan fingerprint density at radius 3 is 2.67 bits per heavy atom. The summed E-state index contributed by atoms with van der Waals surface area (Å²) in [4.78, 5) is 18.5. The van der Waals surface area contributed by atoms with E-state index >= 15 is 0 Å². The van der Waals surface area contributed by atoms with Crippen LogP contribution in [0.2, 0.25) is 0 Å². The molecule has 1 saturated heterocycles. The lowest BCUT2D eigenvalue weighted by Crippen LogP contribution is -2.39. The molecule has 6 heteroatoms. The first-order valence-electron chi connectivity index (χ1n) is 8.62. The Labute approximate surface area is 142 Å². The number of aryl methyl sites for hydroxylation is 1. The van der Waals surface area contributed by atoms with E-state index in [9.17, 15) is 4.79 Å². The van der Waals surface area contributed by atoms with Gasteiger partial charge in [0.25, 0.3) is 5.91 Å². The number of hydrogen-bond acceptors (Lipinski definition) is 4. The molecular formula is C18H24N4O2. The minimum absolute atomic E-state index is 0.0980. The molecule has 1 fully saturated rings. The molecule has 0 atom stereocenters. The molecule has 3 heterocycles. The summed E-state index contributed by atoms with van der Waals surface area (Å²) in [7, 11) is 0. The number of piperidine rings is 1. The predicted molar refractivity (Wildman–Crippen MR) is 90.9 cm³/mol. The normalized spacial score (nSPS) is 15.5. The van der Waals surface area contributed by atoms with Crippen LogP contribution in [-0.2, 0) is 6.54 Å². The van der Waals surface area contributed by atoms with Crippen molar-refractivity contribution in [2.45, 2.75) is 32.7 Å². The van der Waals surface area contributed by atoms with Gasteiger partial charge in [-0.25, -0.2) is 0 Å². The molecule has 0 bridgehead atoms. The van der Waals surface area contributed by atoms with E-state index in [2.05, 4.69) is 10.1 Å². The Kier molecular flexibility index (Phi) is 5.46. The van der Waals surface area contributed by atoms with Gasteiger partial charge in [-0.2, -0.15) is 5.10 Å². The van der Waals surface area contributed by atoms with E-state index < -0.39 is 0 Å². The van der Waals surface area contributed by atoms with Gasteiger partial charge in [-0.05, 0) is 50.3 Å². The molecule has 0 radical (unpaired) electrons. The quantitative estimate of drug-likeness (QED) is 0.818. The van der Waals surface area contributed by atoms with Gasteiger partial charge in [-0.1, -0.05) is 0 Å². The van der Waals surface area contributed by atoms with E-state index in [0.29, 0.717) is 18.2 Å². The average molecular weight is 328 g/mol. The first kappa shape index (κ1) is 16.5. The van der Waals surface area contributed by atoms with Crippen LogP contribution in [-0.4, -0.2) is 45.3 Å². The predicted octanol–water partition coefficient (Wildman–Crippen LogP) is 2.62. The molecule has 6 nitrogen and oxygen atoms in total. The van der Waals surface area contributed by atoms with Gasteiger partial charge in [0.05, 0.1) is 6.61 Å². The monoisotopic (exact) mass is 328 g/mol. The molecule has 2 aromatic heterocycles. The molecule has 0 unspecified atom stereocenters. The molecule has 1 aliphatic rings. The maximum absolute atomic E-state index is 12.6. The van der Waals surface area contributed by atoms with Crippen molar-refractivity contribution < 1.29 is 9.53 Å². The Morgan fingerprint density at radius 1 is 1.21 bits per heavy atom. The van der Waals surface area contributed by atoms with Crippen molar-refractivity contribution in [3.05, 3.63) is 42.5 Å². The van der Waals surface area contributed by atoms with E-state index in [1.54, 1.807) is 29.3 Å². The fourth-order valence-electron chi connectivity index (χ4n) is 3.13. The molecule has 0 saturated carbocycles. The van der Waals surface area contributed by atoms with Crippen LogP contribution in [0.15, 0.2) is 36.8 Å². The molecule has 0 aliphatic carbocycles. The van der Waals surface area contributed by atoms with Crippen LogP contribution in [0.1, 0.15) is 36.7 Å². The number of ether oxygens (including phenoxy) is 1. The molecule has 0 spiro atoms. The summed E-state index contributed by atoms with van der Waals surface area (Å²) < 4.78 is 7.50. The van der Waals surface area contributed by atoms with Crippen molar-refractivity contribution in [2.75, 3.05) is 19.7 Å². The molecule has 128 valence electrons. The van der Waals surface area contributed by atoms with Crippen LogP contribution in [0.5, 0.6) is 5.75 Å². The Balaban J connectivity index is 1.43. The molecular weight excluding hydrogens is 304 g/mol. The Hall–Kier alpha value is -2.37. The van der Waals surface area contributed by atoms with Crippen molar-refractivity contribution in [1.82, 2.24) is 19.7 Å². The van der Waals surface area contributed by atoms with Crippen molar-refractivity contribution in [3.63, 3.8) is 0 Å². The van der Waals surface area contributed by atoms with Crippen LogP contribution in [0.3, 0.4) is 0 Å². The summed E-state index contributed by atoms with van der Waals surface area (Å²) in [6.45, 7) is 5.06. The number of rotatable bonds is 6. The van der Waals surface area contributed by atoms with Gasteiger partial charge in [-0.3, -0.25) is 14.5 Å². The van der Waals surface area contributed by atoms with Gasteiger partial charge in [0.15, 0.2) is 0 Å². The number of pyridine rings is 1. The minimum Gasteiger partial charge on any atom is -0.493 e. The third-order valence-electron chi connectivity index (χ3n) is 4.58. The molecule has 3 rings (SSSR count). The zero-order chi connectivity index (χ0) is 16.8. The number of hydrogen-bond donors (Lipinski definition) is 0. The highest BCUT2D eigenvalue weighted by molar-refractivity contribution is 5.92. The molecule has 1 amide bonds. The highest BCUT2D eigenvalue weighted by atomic mass is 16.5. The SMILES string of the molecule is CCn1nccc1C(=O)N1CCC(CCOc2ccncc2)CC1. The van der Waals surface area contributed by atoms with Crippen LogP contribution < -0.4 is 4.74 Å². The van der Waals surface area contributed by atoms with E-state index in [-0.39, 0.29) is 5.91 Å². The van der Waals surface area contributed by atoms with Gasteiger partial charge >= 0.3 is 0 Å². The van der Waals surface area contributed by atoms with E-state index in [1.165, 1.54) is 0 Å². The highest BCUT2D eigenvalue weighted by Gasteiger charge is 2.25. The minimum atomic E-state index is 0.0980. The second kappa shape index (κ2) is 7.95. The van der Waals surface area contributed by atoms with Crippen molar-refractivity contribution in [1.29, 1.82) is 0 Å². The lowest BCUT2D eigenvalue weighted by atomic mass is 9.94. The summed E-state index contributed by atoms with van der Waals surface area (Å²) in [6, 6.07) is 5.55. The van der Waals surface area contributed by atoms with Gasteiger partial charge in [0, 0.05) is 38.2 Å². The zero-order valence-electron chi connectivity index (χ0n) is 14.1. The van der Waals surface area contributed by atoms with Gasteiger partial charge in [-0.15, -0.1) is 0 Å². The van der Waals surface area contributed by atoms with Crippen molar-refractivity contribution in [3.8, 4) is 5.75 Å². The van der Waals surface area contributed by atoms with Crippen LogP contribution in [0, 0.1) is 5.92 Å². The number of carbonyl (C=O) groups excluding carboxylic acids is 1. The summed E-state index contributed by atoms with van der Waals surface area (Å²) >= 11 is 0. The van der Waals surface area contributed by atoms with E-state index in [1.807, 2.05) is 24.0 Å². The Morgan fingerprint density at radius 2 is 1.96 bits per heavy atom. The fourth-order valence-corrected chi connectivity index (χ4v) is 3.13. The largest absolute Gasteiger partial charge is 0.493 e. The third kappa shape index (κ3) is 3.93. The van der Waals surface area contributed by atoms with Crippen LogP contribution in [0.4, 0.5) is 0 Å². The average Bonchev–Trinajstić information content (AvgIpc) is 3.11. The Bertz CT molecular complexity index is 648. The smallest absolute Gasteiger partial charge is 0.272 e. The standard InChI is InChI=1S/C18H24N4O2/c1-2-22-17(5-11-20-22)18(23)21-12-6-15(7-13-21)8-14-24-16-3-9-19-10-4-16/h3-5,9-11,15H,2,6-8,12-14H2,1H3. The first-order chi connectivity index (χ1) is 11.8. The first-order valence-corrected chi connectivity index (χ1v) is 8.62. The van der Waals surface area contributed by atoms with Gasteiger partial charge in [0.1, 0.15) is 11.4 Å². The molecule has 0 aromatic carbocycles. The highest BCUT2D eigenvalue weighted by Crippen LogP contribution is 2.22. The second-order valence-corrected chi connectivity index (χ2v) is 6.09. The van der Waals surface area contributed by atoms with Crippen LogP contribution >= 0.6 is 0 Å². The summed E-state index contributed by atoms with van der Waals surface area (Å²) in [5, 5.41) is 4.18. The van der Waals surface area contributed by atoms with Crippen LogP contribution in [0.25, 0.3) is 0 Å². The summed E-state index contributed by atoms with van der Waals surface area (Å²) in [5.74, 6) is 1.58.